The molecule has 2 N–H and O–H groups in total. The number of hydrogen-bond acceptors (Lipinski definition) is 3. The summed E-state index contributed by atoms with van der Waals surface area (Å²) in [5.41, 5.74) is 3.13. The molecule has 1 amide bonds. The Morgan fingerprint density at radius 3 is 2.70 bits per heavy atom. The van der Waals surface area contributed by atoms with E-state index in [0.717, 1.165) is 23.2 Å². The SMILES string of the molecule is COCCCNC(=O)CCNc1c(C)cc(C)cc1Cl. The van der Waals surface area contributed by atoms with Crippen molar-refractivity contribution in [2.75, 3.05) is 32.1 Å². The zero-order valence-electron chi connectivity index (χ0n) is 12.4. The lowest BCUT2D eigenvalue weighted by atomic mass is 10.1. The van der Waals surface area contributed by atoms with E-state index in [1.54, 1.807) is 7.11 Å². The minimum absolute atomic E-state index is 0.0366. The van der Waals surface area contributed by atoms with E-state index >= 15 is 0 Å². The van der Waals surface area contributed by atoms with Crippen LogP contribution in [0.5, 0.6) is 0 Å². The molecule has 0 aliphatic carbocycles. The molecule has 0 bridgehead atoms. The van der Waals surface area contributed by atoms with Crippen molar-refractivity contribution in [2.45, 2.75) is 26.7 Å². The Morgan fingerprint density at radius 1 is 1.30 bits per heavy atom. The smallest absolute Gasteiger partial charge is 0.221 e. The summed E-state index contributed by atoms with van der Waals surface area (Å²) in [6.07, 6.45) is 1.26. The standard InChI is InChI=1S/C15H23ClN2O2/c1-11-9-12(2)15(13(16)10-11)18-7-5-14(19)17-6-4-8-20-3/h9-10,18H,4-8H2,1-3H3,(H,17,19). The number of carbonyl (C=O) groups excluding carboxylic acids is 1. The highest BCUT2D eigenvalue weighted by molar-refractivity contribution is 6.33. The number of methoxy groups -OCH3 is 1. The van der Waals surface area contributed by atoms with E-state index in [2.05, 4.69) is 16.7 Å². The van der Waals surface area contributed by atoms with E-state index in [0.29, 0.717) is 31.1 Å². The van der Waals surface area contributed by atoms with Crippen LogP contribution in [0.25, 0.3) is 0 Å². The van der Waals surface area contributed by atoms with E-state index in [4.69, 9.17) is 16.3 Å². The van der Waals surface area contributed by atoms with Crippen molar-refractivity contribution in [1.29, 1.82) is 0 Å². The molecule has 0 fully saturated rings. The lowest BCUT2D eigenvalue weighted by molar-refractivity contribution is -0.120. The lowest BCUT2D eigenvalue weighted by Gasteiger charge is -2.12. The molecule has 4 nitrogen and oxygen atoms in total. The number of hydrogen-bond donors (Lipinski definition) is 2. The van der Waals surface area contributed by atoms with Gasteiger partial charge in [-0.2, -0.15) is 0 Å². The zero-order valence-corrected chi connectivity index (χ0v) is 13.1. The number of benzene rings is 1. The summed E-state index contributed by atoms with van der Waals surface area (Å²) in [4.78, 5) is 11.6. The van der Waals surface area contributed by atoms with Gasteiger partial charge in [0.2, 0.25) is 5.91 Å². The third-order valence-electron chi connectivity index (χ3n) is 2.93. The molecule has 1 aromatic rings. The van der Waals surface area contributed by atoms with Crippen LogP contribution in [-0.4, -0.2) is 32.7 Å². The van der Waals surface area contributed by atoms with E-state index in [9.17, 15) is 4.79 Å². The summed E-state index contributed by atoms with van der Waals surface area (Å²) in [5.74, 6) is 0.0366. The van der Waals surface area contributed by atoms with Crippen LogP contribution in [0.15, 0.2) is 12.1 Å². The fraction of sp³-hybridized carbons (Fsp3) is 0.533. The Morgan fingerprint density at radius 2 is 2.05 bits per heavy atom. The van der Waals surface area contributed by atoms with Crippen molar-refractivity contribution in [3.8, 4) is 0 Å². The fourth-order valence-corrected chi connectivity index (χ4v) is 2.36. The van der Waals surface area contributed by atoms with Gasteiger partial charge in [0.05, 0.1) is 10.7 Å². The number of halogens is 1. The first-order chi connectivity index (χ1) is 9.54. The number of carbonyl (C=O) groups is 1. The van der Waals surface area contributed by atoms with Gasteiger partial charge in [0.1, 0.15) is 0 Å². The molecular weight excluding hydrogens is 276 g/mol. The molecule has 0 radical (unpaired) electrons. The molecule has 1 rings (SSSR count). The van der Waals surface area contributed by atoms with Gasteiger partial charge < -0.3 is 15.4 Å². The summed E-state index contributed by atoms with van der Waals surface area (Å²) in [6.45, 7) is 5.90. The van der Waals surface area contributed by atoms with Gasteiger partial charge in [-0.3, -0.25) is 4.79 Å². The Kier molecular flexibility index (Phi) is 7.41. The predicted octanol–water partition coefficient (Wildman–Crippen LogP) is 2.91. The number of rotatable bonds is 8. The summed E-state index contributed by atoms with van der Waals surface area (Å²) in [7, 11) is 1.65. The van der Waals surface area contributed by atoms with Crippen molar-refractivity contribution < 1.29 is 9.53 Å². The summed E-state index contributed by atoms with van der Waals surface area (Å²) >= 11 is 6.19. The van der Waals surface area contributed by atoms with Crippen LogP contribution < -0.4 is 10.6 Å². The van der Waals surface area contributed by atoms with Gasteiger partial charge in [0.25, 0.3) is 0 Å². The van der Waals surface area contributed by atoms with E-state index in [1.165, 1.54) is 0 Å². The fourth-order valence-electron chi connectivity index (χ4n) is 1.97. The van der Waals surface area contributed by atoms with Crippen LogP contribution in [0.1, 0.15) is 24.0 Å². The van der Waals surface area contributed by atoms with Crippen LogP contribution in [0.2, 0.25) is 5.02 Å². The molecular formula is C15H23ClN2O2. The minimum atomic E-state index is 0.0366. The molecule has 5 heteroatoms. The monoisotopic (exact) mass is 298 g/mol. The van der Waals surface area contributed by atoms with E-state index in [-0.39, 0.29) is 5.91 Å². The number of anilines is 1. The Balaban J connectivity index is 2.32. The summed E-state index contributed by atoms with van der Waals surface area (Å²) in [5, 5.41) is 6.77. The lowest BCUT2D eigenvalue weighted by Crippen LogP contribution is -2.27. The maximum atomic E-state index is 11.6. The van der Waals surface area contributed by atoms with Gasteiger partial charge in [-0.15, -0.1) is 0 Å². The molecule has 0 aliphatic rings. The van der Waals surface area contributed by atoms with Crippen LogP contribution >= 0.6 is 11.6 Å². The van der Waals surface area contributed by atoms with Crippen molar-refractivity contribution >= 4 is 23.2 Å². The maximum Gasteiger partial charge on any atom is 0.221 e. The van der Waals surface area contributed by atoms with E-state index < -0.39 is 0 Å². The van der Waals surface area contributed by atoms with Crippen molar-refractivity contribution in [1.82, 2.24) is 5.32 Å². The summed E-state index contributed by atoms with van der Waals surface area (Å²) < 4.78 is 4.92. The van der Waals surface area contributed by atoms with Gasteiger partial charge in [-0.25, -0.2) is 0 Å². The highest BCUT2D eigenvalue weighted by atomic mass is 35.5. The molecule has 0 spiro atoms. The van der Waals surface area contributed by atoms with E-state index in [1.807, 2.05) is 19.9 Å². The van der Waals surface area contributed by atoms with Crippen LogP contribution in [0.3, 0.4) is 0 Å². The number of ether oxygens (including phenoxy) is 1. The number of aryl methyl sites for hydroxylation is 2. The quantitative estimate of drug-likeness (QED) is 0.726. The molecule has 0 unspecified atom stereocenters. The number of amides is 1. The molecule has 0 saturated heterocycles. The average molecular weight is 299 g/mol. The largest absolute Gasteiger partial charge is 0.385 e. The first kappa shape index (κ1) is 16.8. The first-order valence-electron chi connectivity index (χ1n) is 6.81. The second-order valence-corrected chi connectivity index (χ2v) is 5.22. The molecule has 0 saturated carbocycles. The normalized spacial score (nSPS) is 10.4. The molecule has 1 aromatic carbocycles. The summed E-state index contributed by atoms with van der Waals surface area (Å²) in [6, 6.07) is 3.99. The minimum Gasteiger partial charge on any atom is -0.385 e. The zero-order chi connectivity index (χ0) is 15.0. The van der Waals surface area contributed by atoms with Gasteiger partial charge >= 0.3 is 0 Å². The molecule has 0 aromatic heterocycles. The van der Waals surface area contributed by atoms with Gasteiger partial charge in [-0.05, 0) is 37.5 Å². The third kappa shape index (κ3) is 5.80. The molecule has 20 heavy (non-hydrogen) atoms. The molecule has 0 atom stereocenters. The third-order valence-corrected chi connectivity index (χ3v) is 3.23. The Hall–Kier alpha value is -1.26. The second-order valence-electron chi connectivity index (χ2n) is 4.81. The first-order valence-corrected chi connectivity index (χ1v) is 7.18. The number of nitrogens with one attached hydrogen (secondary N) is 2. The highest BCUT2D eigenvalue weighted by Crippen LogP contribution is 2.27. The van der Waals surface area contributed by atoms with Crippen LogP contribution in [0.4, 0.5) is 5.69 Å². The molecule has 112 valence electrons. The van der Waals surface area contributed by atoms with Crippen molar-refractivity contribution in [2.24, 2.45) is 0 Å². The molecule has 0 aliphatic heterocycles. The van der Waals surface area contributed by atoms with Crippen molar-refractivity contribution in [3.63, 3.8) is 0 Å². The topological polar surface area (TPSA) is 50.4 Å². The van der Waals surface area contributed by atoms with Gasteiger partial charge in [-0.1, -0.05) is 17.7 Å². The highest BCUT2D eigenvalue weighted by Gasteiger charge is 2.06. The molecule has 0 heterocycles. The second kappa shape index (κ2) is 8.82. The predicted molar refractivity (Wildman–Crippen MR) is 83.5 cm³/mol. The maximum absolute atomic E-state index is 11.6. The Labute approximate surface area is 125 Å². The van der Waals surface area contributed by atoms with Crippen molar-refractivity contribution in [3.05, 3.63) is 28.3 Å². The van der Waals surface area contributed by atoms with Gasteiger partial charge in [0.15, 0.2) is 0 Å². The Bertz CT molecular complexity index is 426. The van der Waals surface area contributed by atoms with Crippen LogP contribution in [0, 0.1) is 13.8 Å². The average Bonchev–Trinajstić information content (AvgIpc) is 2.37. The van der Waals surface area contributed by atoms with Crippen LogP contribution in [-0.2, 0) is 9.53 Å². The van der Waals surface area contributed by atoms with Gasteiger partial charge in [0, 0.05) is 33.2 Å².